The molecule has 4 fully saturated rings. The van der Waals surface area contributed by atoms with Crippen molar-refractivity contribution >= 4 is 0 Å². The maximum atomic E-state index is 9.96. The van der Waals surface area contributed by atoms with Crippen molar-refractivity contribution in [3.63, 3.8) is 0 Å². The molecule has 0 amide bonds. The van der Waals surface area contributed by atoms with E-state index < -0.39 is 0 Å². The van der Waals surface area contributed by atoms with E-state index in [1.165, 1.54) is 38.5 Å². The van der Waals surface area contributed by atoms with Crippen LogP contribution in [0.2, 0.25) is 0 Å². The molecule has 4 aliphatic carbocycles. The molecule has 0 saturated heterocycles. The molecule has 1 N–H and O–H groups in total. The molecule has 0 heterocycles. The van der Waals surface area contributed by atoms with Crippen LogP contribution in [0.15, 0.2) is 0 Å². The fraction of sp³-hybridized carbons (Fsp3) is 1.00. The summed E-state index contributed by atoms with van der Waals surface area (Å²) in [6.45, 7) is 0. The third kappa shape index (κ3) is 1.41. The standard InChI is InChI=1S/C12H20O/c13-12-2-1-8-3-9-5-10(4-8)7-11(12)6-9/h8-13H,1-7H2. The SMILES string of the molecule is OC1CCC2CC3CC(C2)CC1C3. The lowest BCUT2D eigenvalue weighted by Gasteiger charge is -2.46. The normalized spacial score (nSPS) is 54.7. The lowest BCUT2D eigenvalue weighted by molar-refractivity contribution is -0.0150. The van der Waals surface area contributed by atoms with Crippen LogP contribution in [0.1, 0.15) is 44.9 Å². The first-order valence-electron chi connectivity index (χ1n) is 5.99. The number of fused-ring (bicyclic) bond motifs is 2. The fourth-order valence-electron chi connectivity index (χ4n) is 4.23. The summed E-state index contributed by atoms with van der Waals surface area (Å²) in [6.07, 6.45) is 9.59. The van der Waals surface area contributed by atoms with E-state index in [1.807, 2.05) is 0 Å². The van der Waals surface area contributed by atoms with E-state index in [4.69, 9.17) is 0 Å². The van der Waals surface area contributed by atoms with Gasteiger partial charge in [-0.05, 0) is 68.6 Å². The Bertz CT molecular complexity index is 187. The van der Waals surface area contributed by atoms with Gasteiger partial charge in [0.1, 0.15) is 0 Å². The highest BCUT2D eigenvalue weighted by molar-refractivity contribution is 4.91. The maximum absolute atomic E-state index is 9.96. The number of hydrogen-bond acceptors (Lipinski definition) is 1. The summed E-state index contributed by atoms with van der Waals surface area (Å²) < 4.78 is 0. The first-order valence-corrected chi connectivity index (χ1v) is 5.99. The van der Waals surface area contributed by atoms with Gasteiger partial charge in [0, 0.05) is 0 Å². The van der Waals surface area contributed by atoms with Gasteiger partial charge in [-0.1, -0.05) is 0 Å². The van der Waals surface area contributed by atoms with Gasteiger partial charge < -0.3 is 5.11 Å². The lowest BCUT2D eigenvalue weighted by atomic mass is 9.60. The van der Waals surface area contributed by atoms with Crippen LogP contribution in [0.3, 0.4) is 0 Å². The van der Waals surface area contributed by atoms with Crippen molar-refractivity contribution in [3.8, 4) is 0 Å². The molecule has 13 heavy (non-hydrogen) atoms. The molecule has 3 atom stereocenters. The third-order valence-electron chi connectivity index (χ3n) is 4.69. The summed E-state index contributed by atoms with van der Waals surface area (Å²) in [5, 5.41) is 9.96. The molecule has 1 heteroatoms. The number of aliphatic hydroxyl groups is 1. The van der Waals surface area contributed by atoms with E-state index >= 15 is 0 Å². The highest BCUT2D eigenvalue weighted by Crippen LogP contribution is 2.49. The van der Waals surface area contributed by atoms with Gasteiger partial charge in [0.05, 0.1) is 6.10 Å². The zero-order valence-corrected chi connectivity index (χ0v) is 8.28. The number of aliphatic hydroxyl groups excluding tert-OH is 1. The molecule has 3 unspecified atom stereocenters. The first-order chi connectivity index (χ1) is 6.31. The molecular weight excluding hydrogens is 160 g/mol. The zero-order chi connectivity index (χ0) is 8.84. The molecule has 0 aromatic carbocycles. The van der Waals surface area contributed by atoms with E-state index in [2.05, 4.69) is 0 Å². The zero-order valence-electron chi connectivity index (χ0n) is 8.28. The molecule has 74 valence electrons. The average Bonchev–Trinajstić information content (AvgIpc) is 2.11. The van der Waals surface area contributed by atoms with E-state index in [0.717, 1.165) is 24.2 Å². The van der Waals surface area contributed by atoms with Gasteiger partial charge in [0.2, 0.25) is 0 Å². The van der Waals surface area contributed by atoms with Crippen molar-refractivity contribution in [2.45, 2.75) is 51.0 Å². The molecule has 4 bridgehead atoms. The lowest BCUT2D eigenvalue weighted by Crippen LogP contribution is -2.39. The molecule has 4 saturated carbocycles. The summed E-state index contributed by atoms with van der Waals surface area (Å²) in [4.78, 5) is 0. The Hall–Kier alpha value is -0.0400. The third-order valence-corrected chi connectivity index (χ3v) is 4.69. The van der Waals surface area contributed by atoms with Crippen LogP contribution in [0.4, 0.5) is 0 Å². The van der Waals surface area contributed by atoms with Gasteiger partial charge >= 0.3 is 0 Å². The van der Waals surface area contributed by atoms with E-state index in [-0.39, 0.29) is 6.10 Å². The predicted molar refractivity (Wildman–Crippen MR) is 52.3 cm³/mol. The van der Waals surface area contributed by atoms with Crippen molar-refractivity contribution in [2.24, 2.45) is 23.7 Å². The van der Waals surface area contributed by atoms with Gasteiger partial charge in [-0.15, -0.1) is 0 Å². The predicted octanol–water partition coefficient (Wildman–Crippen LogP) is 2.58. The van der Waals surface area contributed by atoms with Gasteiger partial charge in [-0.2, -0.15) is 0 Å². The smallest absolute Gasteiger partial charge is 0.0568 e. The highest BCUT2D eigenvalue weighted by atomic mass is 16.3. The monoisotopic (exact) mass is 180 g/mol. The van der Waals surface area contributed by atoms with Crippen LogP contribution in [-0.4, -0.2) is 11.2 Å². The van der Waals surface area contributed by atoms with Crippen molar-refractivity contribution < 1.29 is 5.11 Å². The van der Waals surface area contributed by atoms with Crippen LogP contribution in [0, 0.1) is 23.7 Å². The Morgan fingerprint density at radius 2 is 1.31 bits per heavy atom. The van der Waals surface area contributed by atoms with Crippen LogP contribution in [-0.2, 0) is 0 Å². The van der Waals surface area contributed by atoms with Gasteiger partial charge in [-0.25, -0.2) is 0 Å². The maximum Gasteiger partial charge on any atom is 0.0568 e. The molecule has 0 spiro atoms. The molecule has 1 nitrogen and oxygen atoms in total. The Balaban J connectivity index is 1.85. The second-order valence-corrected chi connectivity index (χ2v) is 5.68. The molecule has 0 aromatic rings. The summed E-state index contributed by atoms with van der Waals surface area (Å²) in [5.74, 6) is 3.61. The van der Waals surface area contributed by atoms with Crippen LogP contribution >= 0.6 is 0 Å². The number of rotatable bonds is 0. The van der Waals surface area contributed by atoms with Crippen molar-refractivity contribution in [1.29, 1.82) is 0 Å². The largest absolute Gasteiger partial charge is 0.393 e. The quantitative estimate of drug-likeness (QED) is 0.607. The van der Waals surface area contributed by atoms with Crippen molar-refractivity contribution in [2.75, 3.05) is 0 Å². The molecule has 0 aromatic heterocycles. The topological polar surface area (TPSA) is 20.2 Å². The summed E-state index contributed by atoms with van der Waals surface area (Å²) in [5.41, 5.74) is 0. The minimum atomic E-state index is 0.0494. The van der Waals surface area contributed by atoms with Crippen molar-refractivity contribution in [3.05, 3.63) is 0 Å². The van der Waals surface area contributed by atoms with Crippen LogP contribution < -0.4 is 0 Å². The minimum Gasteiger partial charge on any atom is -0.393 e. The van der Waals surface area contributed by atoms with Gasteiger partial charge in [-0.3, -0.25) is 0 Å². The van der Waals surface area contributed by atoms with E-state index in [0.29, 0.717) is 5.92 Å². The van der Waals surface area contributed by atoms with Crippen molar-refractivity contribution in [1.82, 2.24) is 0 Å². The minimum absolute atomic E-state index is 0.0494. The molecular formula is C12H20O. The Kier molecular flexibility index (Phi) is 1.90. The highest BCUT2D eigenvalue weighted by Gasteiger charge is 2.40. The number of hydrogen-bond donors (Lipinski definition) is 1. The molecule has 4 aliphatic rings. The Morgan fingerprint density at radius 3 is 2.00 bits per heavy atom. The van der Waals surface area contributed by atoms with Gasteiger partial charge in [0.25, 0.3) is 0 Å². The Morgan fingerprint density at radius 1 is 0.692 bits per heavy atom. The van der Waals surface area contributed by atoms with Crippen LogP contribution in [0.25, 0.3) is 0 Å². The second-order valence-electron chi connectivity index (χ2n) is 5.68. The molecule has 0 radical (unpaired) electrons. The first kappa shape index (κ1) is 8.28. The van der Waals surface area contributed by atoms with Crippen LogP contribution in [0.5, 0.6) is 0 Å². The molecule has 4 rings (SSSR count). The summed E-state index contributed by atoms with van der Waals surface area (Å²) >= 11 is 0. The second kappa shape index (κ2) is 2.98. The van der Waals surface area contributed by atoms with Gasteiger partial charge in [0.15, 0.2) is 0 Å². The summed E-state index contributed by atoms with van der Waals surface area (Å²) in [7, 11) is 0. The average molecular weight is 180 g/mol. The molecule has 0 aliphatic heterocycles. The van der Waals surface area contributed by atoms with E-state index in [9.17, 15) is 5.11 Å². The summed E-state index contributed by atoms with van der Waals surface area (Å²) in [6, 6.07) is 0. The fourth-order valence-corrected chi connectivity index (χ4v) is 4.23. The Labute approximate surface area is 80.5 Å². The van der Waals surface area contributed by atoms with E-state index in [1.54, 1.807) is 0 Å².